The van der Waals surface area contributed by atoms with Gasteiger partial charge in [0.1, 0.15) is 9.84 Å². The molecular formula is C12H19N3O3S. The summed E-state index contributed by atoms with van der Waals surface area (Å²) < 4.78 is 22.2. The third-order valence-corrected chi connectivity index (χ3v) is 3.46. The zero-order valence-electron chi connectivity index (χ0n) is 11.0. The summed E-state index contributed by atoms with van der Waals surface area (Å²) in [5.74, 6) is -0.0940. The number of urea groups is 1. The lowest BCUT2D eigenvalue weighted by Gasteiger charge is -2.14. The van der Waals surface area contributed by atoms with Crippen LogP contribution in [0.5, 0.6) is 0 Å². The monoisotopic (exact) mass is 285 g/mol. The number of carbonyl (C=O) groups excluding carboxylic acids is 1. The Morgan fingerprint density at radius 2 is 2.11 bits per heavy atom. The molecule has 0 radical (unpaired) electrons. The highest BCUT2D eigenvalue weighted by molar-refractivity contribution is 7.90. The summed E-state index contributed by atoms with van der Waals surface area (Å²) in [5, 5.41) is 5.19. The van der Waals surface area contributed by atoms with Gasteiger partial charge in [0, 0.05) is 24.5 Å². The first-order valence-corrected chi connectivity index (χ1v) is 7.90. The summed E-state index contributed by atoms with van der Waals surface area (Å²) in [5.41, 5.74) is 7.03. The molecule has 0 aromatic heterocycles. The standard InChI is InChI=1S/C12H19N3O3S/c1-9(8-19(2,17)18)14-12(16)15-11-5-3-4-10(6-11)7-13/h3-6,9H,7-8,13H2,1-2H3,(H2,14,15,16). The van der Waals surface area contributed by atoms with Crippen LogP contribution in [0.2, 0.25) is 0 Å². The number of amides is 2. The molecule has 0 fully saturated rings. The van der Waals surface area contributed by atoms with E-state index < -0.39 is 21.9 Å². The van der Waals surface area contributed by atoms with E-state index in [2.05, 4.69) is 10.6 Å². The fourth-order valence-electron chi connectivity index (χ4n) is 1.66. The van der Waals surface area contributed by atoms with Gasteiger partial charge in [0.25, 0.3) is 0 Å². The van der Waals surface area contributed by atoms with Crippen LogP contribution in [0.1, 0.15) is 12.5 Å². The van der Waals surface area contributed by atoms with Gasteiger partial charge in [-0.25, -0.2) is 13.2 Å². The molecule has 19 heavy (non-hydrogen) atoms. The number of carbonyl (C=O) groups is 1. The molecule has 0 spiro atoms. The fraction of sp³-hybridized carbons (Fsp3) is 0.417. The minimum atomic E-state index is -3.11. The number of rotatable bonds is 5. The quantitative estimate of drug-likeness (QED) is 0.741. The normalized spacial score (nSPS) is 12.8. The first-order valence-electron chi connectivity index (χ1n) is 5.84. The molecule has 1 aromatic carbocycles. The zero-order valence-corrected chi connectivity index (χ0v) is 11.8. The van der Waals surface area contributed by atoms with Crippen molar-refractivity contribution in [3.63, 3.8) is 0 Å². The van der Waals surface area contributed by atoms with E-state index >= 15 is 0 Å². The van der Waals surface area contributed by atoms with Gasteiger partial charge in [0.15, 0.2) is 0 Å². The van der Waals surface area contributed by atoms with Crippen LogP contribution in [0, 0.1) is 0 Å². The number of hydrogen-bond donors (Lipinski definition) is 3. The second-order valence-corrected chi connectivity index (χ2v) is 6.68. The zero-order chi connectivity index (χ0) is 14.5. The van der Waals surface area contributed by atoms with E-state index in [1.807, 2.05) is 6.07 Å². The van der Waals surface area contributed by atoms with Crippen LogP contribution in [0.25, 0.3) is 0 Å². The minimum Gasteiger partial charge on any atom is -0.334 e. The van der Waals surface area contributed by atoms with Gasteiger partial charge < -0.3 is 16.4 Å². The van der Waals surface area contributed by atoms with E-state index in [9.17, 15) is 13.2 Å². The maximum atomic E-state index is 11.7. The van der Waals surface area contributed by atoms with Crippen molar-refractivity contribution in [2.75, 3.05) is 17.3 Å². The van der Waals surface area contributed by atoms with Crippen molar-refractivity contribution >= 4 is 21.6 Å². The van der Waals surface area contributed by atoms with Crippen LogP contribution in [0.15, 0.2) is 24.3 Å². The molecule has 0 heterocycles. The average Bonchev–Trinajstić information content (AvgIpc) is 2.26. The Morgan fingerprint density at radius 1 is 1.42 bits per heavy atom. The molecule has 0 aliphatic heterocycles. The Kier molecular flexibility index (Phi) is 5.31. The van der Waals surface area contributed by atoms with Gasteiger partial charge in [-0.3, -0.25) is 0 Å². The molecule has 0 saturated carbocycles. The summed E-state index contributed by atoms with van der Waals surface area (Å²) in [6, 6.07) is 6.26. The summed E-state index contributed by atoms with van der Waals surface area (Å²) in [7, 11) is -3.11. The molecule has 6 nitrogen and oxygen atoms in total. The Labute approximate surface area is 113 Å². The van der Waals surface area contributed by atoms with Crippen LogP contribution in [0.4, 0.5) is 10.5 Å². The SMILES string of the molecule is CC(CS(C)(=O)=O)NC(=O)Nc1cccc(CN)c1. The number of hydrogen-bond acceptors (Lipinski definition) is 4. The Balaban J connectivity index is 2.55. The highest BCUT2D eigenvalue weighted by Gasteiger charge is 2.13. The number of sulfone groups is 1. The predicted molar refractivity (Wildman–Crippen MR) is 75.7 cm³/mol. The second-order valence-electron chi connectivity index (χ2n) is 4.50. The third-order valence-electron chi connectivity index (χ3n) is 2.35. The van der Waals surface area contributed by atoms with E-state index in [1.54, 1.807) is 25.1 Å². The van der Waals surface area contributed by atoms with Gasteiger partial charge in [-0.1, -0.05) is 12.1 Å². The minimum absolute atomic E-state index is 0.0940. The highest BCUT2D eigenvalue weighted by Crippen LogP contribution is 2.09. The molecule has 1 rings (SSSR count). The van der Waals surface area contributed by atoms with Gasteiger partial charge in [-0.05, 0) is 24.6 Å². The molecular weight excluding hydrogens is 266 g/mol. The summed E-state index contributed by atoms with van der Waals surface area (Å²) in [6.07, 6.45) is 1.13. The van der Waals surface area contributed by atoms with Gasteiger partial charge in [-0.2, -0.15) is 0 Å². The van der Waals surface area contributed by atoms with Crippen molar-refractivity contribution in [2.24, 2.45) is 5.73 Å². The van der Waals surface area contributed by atoms with Crippen LogP contribution >= 0.6 is 0 Å². The number of nitrogens with two attached hydrogens (primary N) is 1. The molecule has 0 aliphatic carbocycles. The second kappa shape index (κ2) is 6.53. The molecule has 0 bridgehead atoms. The maximum Gasteiger partial charge on any atom is 0.319 e. The van der Waals surface area contributed by atoms with Crippen LogP contribution in [0.3, 0.4) is 0 Å². The molecule has 1 aromatic rings. The van der Waals surface area contributed by atoms with E-state index in [0.29, 0.717) is 12.2 Å². The van der Waals surface area contributed by atoms with Crippen LogP contribution in [-0.4, -0.2) is 32.5 Å². The first kappa shape index (κ1) is 15.5. The smallest absolute Gasteiger partial charge is 0.319 e. The molecule has 106 valence electrons. The molecule has 1 unspecified atom stereocenters. The molecule has 2 amide bonds. The molecule has 1 atom stereocenters. The lowest BCUT2D eigenvalue weighted by molar-refractivity contribution is 0.250. The van der Waals surface area contributed by atoms with Crippen LogP contribution in [-0.2, 0) is 16.4 Å². The van der Waals surface area contributed by atoms with Crippen molar-refractivity contribution in [3.8, 4) is 0 Å². The van der Waals surface area contributed by atoms with Gasteiger partial charge >= 0.3 is 6.03 Å². The molecule has 0 saturated heterocycles. The van der Waals surface area contributed by atoms with Gasteiger partial charge in [-0.15, -0.1) is 0 Å². The number of nitrogens with one attached hydrogen (secondary N) is 2. The average molecular weight is 285 g/mol. The van der Waals surface area contributed by atoms with Crippen LogP contribution < -0.4 is 16.4 Å². The van der Waals surface area contributed by atoms with E-state index in [4.69, 9.17) is 5.73 Å². The Morgan fingerprint density at radius 3 is 2.68 bits per heavy atom. The van der Waals surface area contributed by atoms with Gasteiger partial charge in [0.05, 0.1) is 5.75 Å². The van der Waals surface area contributed by atoms with E-state index in [-0.39, 0.29) is 5.75 Å². The van der Waals surface area contributed by atoms with Crippen molar-refractivity contribution in [1.82, 2.24) is 5.32 Å². The first-order chi connectivity index (χ1) is 8.80. The van der Waals surface area contributed by atoms with Gasteiger partial charge in [0.2, 0.25) is 0 Å². The summed E-state index contributed by atoms with van der Waals surface area (Å²) in [4.78, 5) is 11.7. The lowest BCUT2D eigenvalue weighted by atomic mass is 10.2. The summed E-state index contributed by atoms with van der Waals surface area (Å²) >= 11 is 0. The number of benzene rings is 1. The maximum absolute atomic E-state index is 11.7. The largest absolute Gasteiger partial charge is 0.334 e. The molecule has 7 heteroatoms. The van der Waals surface area contributed by atoms with Crippen molar-refractivity contribution in [3.05, 3.63) is 29.8 Å². The van der Waals surface area contributed by atoms with Crippen molar-refractivity contribution in [2.45, 2.75) is 19.5 Å². The van der Waals surface area contributed by atoms with Crippen molar-refractivity contribution in [1.29, 1.82) is 0 Å². The highest BCUT2D eigenvalue weighted by atomic mass is 32.2. The van der Waals surface area contributed by atoms with Crippen molar-refractivity contribution < 1.29 is 13.2 Å². The Hall–Kier alpha value is -1.60. The molecule has 0 aliphatic rings. The number of anilines is 1. The predicted octanol–water partition coefficient (Wildman–Crippen LogP) is 0.700. The Bertz CT molecular complexity index is 543. The lowest BCUT2D eigenvalue weighted by Crippen LogP contribution is -2.39. The topological polar surface area (TPSA) is 101 Å². The third kappa shape index (κ3) is 6.21. The summed E-state index contributed by atoms with van der Waals surface area (Å²) in [6.45, 7) is 2.03. The fourth-order valence-corrected chi connectivity index (χ4v) is 2.65. The molecule has 4 N–H and O–H groups in total. The van der Waals surface area contributed by atoms with E-state index in [1.165, 1.54) is 0 Å². The van der Waals surface area contributed by atoms with E-state index in [0.717, 1.165) is 11.8 Å².